The zero-order chi connectivity index (χ0) is 20.3. The van der Waals surface area contributed by atoms with Gasteiger partial charge in [0.15, 0.2) is 0 Å². The number of nitrogens with one attached hydrogen (secondary N) is 1. The fourth-order valence-electron chi connectivity index (χ4n) is 2.95. The number of rotatable bonds is 5. The highest BCUT2D eigenvalue weighted by atomic mass is 16.5. The van der Waals surface area contributed by atoms with Crippen molar-refractivity contribution >= 4 is 11.7 Å². The Bertz CT molecular complexity index is 984. The number of carbonyl (C=O) groups excluding carboxylic acids is 1. The number of methoxy groups -OCH3 is 1. The Balaban J connectivity index is 1.97. The van der Waals surface area contributed by atoms with E-state index in [0.717, 1.165) is 22.5 Å². The lowest BCUT2D eigenvalue weighted by Gasteiger charge is -2.14. The number of nitrogens with zero attached hydrogens (tertiary/aromatic N) is 2. The van der Waals surface area contributed by atoms with Gasteiger partial charge >= 0.3 is 0 Å². The Morgan fingerprint density at radius 1 is 1.11 bits per heavy atom. The molecule has 0 aliphatic carbocycles. The molecule has 3 rings (SSSR count). The van der Waals surface area contributed by atoms with Crippen molar-refractivity contribution in [1.82, 2.24) is 9.78 Å². The van der Waals surface area contributed by atoms with Crippen LogP contribution in [0, 0.1) is 6.92 Å². The molecule has 0 bridgehead atoms. The van der Waals surface area contributed by atoms with Crippen molar-refractivity contribution in [1.29, 1.82) is 0 Å². The van der Waals surface area contributed by atoms with Gasteiger partial charge in [-0.05, 0) is 42.3 Å². The number of ether oxygens (including phenoxy) is 1. The first-order chi connectivity index (χ1) is 13.3. The van der Waals surface area contributed by atoms with E-state index in [-0.39, 0.29) is 11.3 Å². The van der Waals surface area contributed by atoms with Crippen LogP contribution in [0.25, 0.3) is 5.69 Å². The minimum absolute atomic E-state index is 0.132. The molecule has 0 unspecified atom stereocenters. The van der Waals surface area contributed by atoms with E-state index < -0.39 is 0 Å². The first kappa shape index (κ1) is 19.8. The maximum Gasteiger partial charge on any atom is 0.256 e. The van der Waals surface area contributed by atoms with Gasteiger partial charge in [0.05, 0.1) is 18.0 Å². The number of carbonyl (C=O) groups is 1. The van der Waals surface area contributed by atoms with Gasteiger partial charge in [0, 0.05) is 24.2 Å². The van der Waals surface area contributed by atoms with Crippen LogP contribution in [0.15, 0.2) is 54.6 Å². The molecule has 0 spiro atoms. The molecule has 1 aromatic heterocycles. The molecule has 0 saturated heterocycles. The molecular formula is C23H27N3O2. The van der Waals surface area contributed by atoms with Gasteiger partial charge in [-0.3, -0.25) is 4.79 Å². The fourth-order valence-corrected chi connectivity index (χ4v) is 2.95. The maximum atomic E-state index is 12.9. The third-order valence-corrected chi connectivity index (χ3v) is 4.47. The molecule has 0 aliphatic rings. The topological polar surface area (TPSA) is 56.1 Å². The zero-order valence-electron chi connectivity index (χ0n) is 17.1. The molecular weight excluding hydrogens is 350 g/mol. The molecule has 146 valence electrons. The third-order valence-electron chi connectivity index (χ3n) is 4.47. The molecule has 0 fully saturated rings. The van der Waals surface area contributed by atoms with Crippen LogP contribution in [0.4, 0.5) is 5.82 Å². The molecule has 1 N–H and O–H groups in total. The number of aromatic nitrogens is 2. The lowest BCUT2D eigenvalue weighted by Crippen LogP contribution is -2.15. The largest absolute Gasteiger partial charge is 0.380 e. The fraction of sp³-hybridized carbons (Fsp3) is 0.304. The van der Waals surface area contributed by atoms with Crippen LogP contribution >= 0.6 is 0 Å². The molecule has 0 radical (unpaired) electrons. The molecule has 0 saturated carbocycles. The van der Waals surface area contributed by atoms with E-state index in [1.54, 1.807) is 17.9 Å². The smallest absolute Gasteiger partial charge is 0.256 e. The van der Waals surface area contributed by atoms with Gasteiger partial charge < -0.3 is 10.1 Å². The van der Waals surface area contributed by atoms with Crippen molar-refractivity contribution in [3.05, 3.63) is 77.0 Å². The van der Waals surface area contributed by atoms with E-state index in [1.807, 2.05) is 55.5 Å². The summed E-state index contributed by atoms with van der Waals surface area (Å²) >= 11 is 0. The molecule has 1 amide bonds. The quantitative estimate of drug-likeness (QED) is 0.690. The minimum Gasteiger partial charge on any atom is -0.380 e. The predicted molar refractivity (Wildman–Crippen MR) is 112 cm³/mol. The number of anilines is 1. The summed E-state index contributed by atoms with van der Waals surface area (Å²) < 4.78 is 6.96. The Labute approximate surface area is 166 Å². The molecule has 1 heterocycles. The first-order valence-electron chi connectivity index (χ1n) is 9.35. The molecule has 2 aromatic carbocycles. The van der Waals surface area contributed by atoms with Crippen LogP contribution in [0.3, 0.4) is 0 Å². The average molecular weight is 377 g/mol. The molecule has 5 nitrogen and oxygen atoms in total. The summed E-state index contributed by atoms with van der Waals surface area (Å²) in [4.78, 5) is 12.9. The lowest BCUT2D eigenvalue weighted by molar-refractivity contribution is 0.102. The Kier molecular flexibility index (Phi) is 5.66. The number of amides is 1. The van der Waals surface area contributed by atoms with E-state index in [1.165, 1.54) is 0 Å². The van der Waals surface area contributed by atoms with Gasteiger partial charge in [0.25, 0.3) is 5.91 Å². The molecule has 0 atom stereocenters. The van der Waals surface area contributed by atoms with Gasteiger partial charge in [0.1, 0.15) is 5.82 Å². The van der Waals surface area contributed by atoms with Crippen molar-refractivity contribution in [3.63, 3.8) is 0 Å². The summed E-state index contributed by atoms with van der Waals surface area (Å²) in [6.45, 7) is 8.83. The van der Waals surface area contributed by atoms with E-state index >= 15 is 0 Å². The summed E-state index contributed by atoms with van der Waals surface area (Å²) in [5, 5.41) is 7.80. The van der Waals surface area contributed by atoms with E-state index in [9.17, 15) is 4.79 Å². The van der Waals surface area contributed by atoms with Gasteiger partial charge in [-0.15, -0.1) is 0 Å². The Morgan fingerprint density at radius 2 is 1.86 bits per heavy atom. The number of benzene rings is 2. The molecule has 0 aliphatic heterocycles. The van der Waals surface area contributed by atoms with E-state index in [4.69, 9.17) is 9.84 Å². The summed E-state index contributed by atoms with van der Waals surface area (Å²) in [5.41, 5.74) is 4.38. The van der Waals surface area contributed by atoms with E-state index in [0.29, 0.717) is 18.0 Å². The van der Waals surface area contributed by atoms with Gasteiger partial charge in [-0.25, -0.2) is 4.68 Å². The number of hydrogen-bond acceptors (Lipinski definition) is 3. The minimum atomic E-state index is -0.174. The molecule has 5 heteroatoms. The average Bonchev–Trinajstić information content (AvgIpc) is 3.06. The normalized spacial score (nSPS) is 11.5. The highest BCUT2D eigenvalue weighted by Crippen LogP contribution is 2.27. The van der Waals surface area contributed by atoms with E-state index in [2.05, 4.69) is 26.1 Å². The summed E-state index contributed by atoms with van der Waals surface area (Å²) in [6.07, 6.45) is 0. The zero-order valence-corrected chi connectivity index (χ0v) is 17.1. The second-order valence-electron chi connectivity index (χ2n) is 8.00. The summed E-state index contributed by atoms with van der Waals surface area (Å²) in [5.74, 6) is 0.477. The van der Waals surface area contributed by atoms with Crippen molar-refractivity contribution in [2.24, 2.45) is 0 Å². The van der Waals surface area contributed by atoms with Crippen LogP contribution in [-0.2, 0) is 16.8 Å². The third kappa shape index (κ3) is 4.49. The standard InChI is InChI=1S/C23H27N3O2/c1-16-8-6-11-19(12-16)26-21(14-20(25-26)23(2,3)4)24-22(27)18-10-7-9-17(13-18)15-28-5/h6-14H,15H2,1-5H3,(H,24,27). The summed E-state index contributed by atoms with van der Waals surface area (Å²) in [6, 6.07) is 17.5. The Hall–Kier alpha value is -2.92. The first-order valence-corrected chi connectivity index (χ1v) is 9.35. The highest BCUT2D eigenvalue weighted by molar-refractivity contribution is 6.04. The van der Waals surface area contributed by atoms with Crippen molar-refractivity contribution in [2.45, 2.75) is 39.7 Å². The summed E-state index contributed by atoms with van der Waals surface area (Å²) in [7, 11) is 1.64. The monoisotopic (exact) mass is 377 g/mol. The molecule has 3 aromatic rings. The van der Waals surface area contributed by atoms with Gasteiger partial charge in [-0.2, -0.15) is 5.10 Å². The number of hydrogen-bond donors (Lipinski definition) is 1. The van der Waals surface area contributed by atoms with Crippen LogP contribution in [0.2, 0.25) is 0 Å². The van der Waals surface area contributed by atoms with Crippen molar-refractivity contribution in [2.75, 3.05) is 12.4 Å². The maximum absolute atomic E-state index is 12.9. The predicted octanol–water partition coefficient (Wildman–Crippen LogP) is 4.88. The van der Waals surface area contributed by atoms with Crippen molar-refractivity contribution < 1.29 is 9.53 Å². The second kappa shape index (κ2) is 7.98. The SMILES string of the molecule is COCc1cccc(C(=O)Nc2cc(C(C)(C)C)nn2-c2cccc(C)c2)c1. The van der Waals surface area contributed by atoms with Crippen LogP contribution < -0.4 is 5.32 Å². The van der Waals surface area contributed by atoms with Crippen molar-refractivity contribution in [3.8, 4) is 5.69 Å². The highest BCUT2D eigenvalue weighted by Gasteiger charge is 2.22. The van der Waals surface area contributed by atoms with Crippen LogP contribution in [0.5, 0.6) is 0 Å². The molecule has 28 heavy (non-hydrogen) atoms. The van der Waals surface area contributed by atoms with Gasteiger partial charge in [-0.1, -0.05) is 45.0 Å². The lowest BCUT2D eigenvalue weighted by atomic mass is 9.92. The second-order valence-corrected chi connectivity index (χ2v) is 8.00. The van der Waals surface area contributed by atoms with Crippen LogP contribution in [0.1, 0.15) is 48.0 Å². The van der Waals surface area contributed by atoms with Gasteiger partial charge in [0.2, 0.25) is 0 Å². The van der Waals surface area contributed by atoms with Crippen LogP contribution in [-0.4, -0.2) is 22.8 Å². The Morgan fingerprint density at radius 3 is 2.54 bits per heavy atom. The number of aryl methyl sites for hydroxylation is 1.